The number of nitrogens with zero attached hydrogens (tertiary/aromatic N) is 1. The number of esters is 1. The summed E-state index contributed by atoms with van der Waals surface area (Å²) in [7, 11) is 1.57. The van der Waals surface area contributed by atoms with E-state index in [0.29, 0.717) is 32.7 Å². The van der Waals surface area contributed by atoms with Gasteiger partial charge in [0.25, 0.3) is 5.91 Å². The SMILES string of the molecule is CCOC(=O)C1=C(C)N(c2ccc(OC)cc2)C(=O)C1=Cc1cccc(Cl)c1Cl. The molecule has 2 aromatic rings. The van der Waals surface area contributed by atoms with E-state index in [2.05, 4.69) is 0 Å². The van der Waals surface area contributed by atoms with Crippen molar-refractivity contribution < 1.29 is 19.1 Å². The van der Waals surface area contributed by atoms with E-state index >= 15 is 0 Å². The molecule has 0 aliphatic carbocycles. The maximum absolute atomic E-state index is 13.3. The van der Waals surface area contributed by atoms with Gasteiger partial charge >= 0.3 is 5.97 Å². The molecule has 0 radical (unpaired) electrons. The van der Waals surface area contributed by atoms with E-state index in [0.717, 1.165) is 0 Å². The molecule has 29 heavy (non-hydrogen) atoms. The summed E-state index contributed by atoms with van der Waals surface area (Å²) in [4.78, 5) is 27.4. The molecule has 0 saturated carbocycles. The van der Waals surface area contributed by atoms with Gasteiger partial charge in [-0.1, -0.05) is 35.3 Å². The Bertz CT molecular complexity index is 1030. The Morgan fingerprint density at radius 1 is 1.14 bits per heavy atom. The van der Waals surface area contributed by atoms with Crippen molar-refractivity contribution >= 4 is 46.8 Å². The molecule has 2 aromatic carbocycles. The second kappa shape index (κ2) is 8.72. The van der Waals surface area contributed by atoms with Crippen molar-refractivity contribution in [2.45, 2.75) is 13.8 Å². The van der Waals surface area contributed by atoms with Crippen LogP contribution in [0.2, 0.25) is 10.0 Å². The van der Waals surface area contributed by atoms with E-state index in [-0.39, 0.29) is 23.7 Å². The Morgan fingerprint density at radius 3 is 2.45 bits per heavy atom. The Hall–Kier alpha value is -2.76. The summed E-state index contributed by atoms with van der Waals surface area (Å²) in [5.41, 5.74) is 2.01. The highest BCUT2D eigenvalue weighted by atomic mass is 35.5. The highest BCUT2D eigenvalue weighted by molar-refractivity contribution is 6.43. The molecular formula is C22H19Cl2NO4. The number of anilines is 1. The van der Waals surface area contributed by atoms with Gasteiger partial charge in [0.15, 0.2) is 0 Å². The van der Waals surface area contributed by atoms with Crippen LogP contribution in [0.1, 0.15) is 19.4 Å². The molecule has 3 rings (SSSR count). The lowest BCUT2D eigenvalue weighted by molar-refractivity contribution is -0.138. The van der Waals surface area contributed by atoms with Crippen molar-refractivity contribution in [1.82, 2.24) is 0 Å². The number of ether oxygens (including phenoxy) is 2. The van der Waals surface area contributed by atoms with Crippen LogP contribution in [-0.2, 0) is 14.3 Å². The van der Waals surface area contributed by atoms with Crippen LogP contribution in [0, 0.1) is 0 Å². The van der Waals surface area contributed by atoms with Gasteiger partial charge in [-0.05, 0) is 55.8 Å². The third-order valence-corrected chi connectivity index (χ3v) is 5.33. The van der Waals surface area contributed by atoms with E-state index in [1.165, 1.54) is 4.90 Å². The maximum atomic E-state index is 13.3. The first-order valence-electron chi connectivity index (χ1n) is 8.91. The second-order valence-corrected chi connectivity index (χ2v) is 7.01. The van der Waals surface area contributed by atoms with E-state index in [4.69, 9.17) is 32.7 Å². The quantitative estimate of drug-likeness (QED) is 0.477. The largest absolute Gasteiger partial charge is 0.497 e. The molecule has 1 aliphatic rings. The van der Waals surface area contributed by atoms with Crippen LogP contribution in [0.25, 0.3) is 6.08 Å². The number of hydrogen-bond acceptors (Lipinski definition) is 4. The van der Waals surface area contributed by atoms with Crippen molar-refractivity contribution in [3.63, 3.8) is 0 Å². The van der Waals surface area contributed by atoms with Gasteiger partial charge in [-0.2, -0.15) is 0 Å². The Balaban J connectivity index is 2.14. The lowest BCUT2D eigenvalue weighted by atomic mass is 10.0. The molecule has 1 amide bonds. The molecule has 0 N–H and O–H groups in total. The monoisotopic (exact) mass is 431 g/mol. The number of halogens is 2. The first kappa shape index (κ1) is 21.0. The normalized spacial score (nSPS) is 15.3. The van der Waals surface area contributed by atoms with Gasteiger partial charge in [0.1, 0.15) is 5.75 Å². The van der Waals surface area contributed by atoms with Crippen molar-refractivity contribution in [2.75, 3.05) is 18.6 Å². The molecule has 0 fully saturated rings. The predicted molar refractivity (Wildman–Crippen MR) is 114 cm³/mol. The third kappa shape index (κ3) is 4.02. The van der Waals surface area contributed by atoms with Crippen LogP contribution in [0.3, 0.4) is 0 Å². The van der Waals surface area contributed by atoms with Crippen molar-refractivity contribution in [3.05, 3.63) is 74.9 Å². The molecule has 0 spiro atoms. The minimum absolute atomic E-state index is 0.192. The standard InChI is InChI=1S/C22H19Cl2NO4/c1-4-29-22(27)19-13(2)25(15-8-10-16(28-3)11-9-15)21(26)17(19)12-14-6-5-7-18(23)20(14)24/h5-12H,4H2,1-3H3. The fourth-order valence-electron chi connectivity index (χ4n) is 3.11. The Kier molecular flexibility index (Phi) is 6.30. The van der Waals surface area contributed by atoms with E-state index in [9.17, 15) is 9.59 Å². The maximum Gasteiger partial charge on any atom is 0.340 e. The van der Waals surface area contributed by atoms with Gasteiger partial charge in [0.05, 0.1) is 34.9 Å². The number of rotatable bonds is 5. The Morgan fingerprint density at radius 2 is 1.83 bits per heavy atom. The summed E-state index contributed by atoms with van der Waals surface area (Å²) in [5.74, 6) is -0.264. The van der Waals surface area contributed by atoms with Crippen molar-refractivity contribution in [1.29, 1.82) is 0 Å². The van der Waals surface area contributed by atoms with Gasteiger partial charge in [0.2, 0.25) is 0 Å². The number of benzene rings is 2. The topological polar surface area (TPSA) is 55.8 Å². The summed E-state index contributed by atoms with van der Waals surface area (Å²) in [6, 6.07) is 12.1. The first-order chi connectivity index (χ1) is 13.9. The molecule has 0 bridgehead atoms. The molecule has 1 aliphatic heterocycles. The minimum atomic E-state index is -0.571. The molecule has 150 valence electrons. The molecule has 0 unspecified atom stereocenters. The number of carbonyl (C=O) groups is 2. The van der Waals surface area contributed by atoms with Crippen LogP contribution < -0.4 is 9.64 Å². The number of hydrogen-bond donors (Lipinski definition) is 0. The molecule has 7 heteroatoms. The molecule has 0 saturated heterocycles. The zero-order valence-electron chi connectivity index (χ0n) is 16.2. The average molecular weight is 432 g/mol. The second-order valence-electron chi connectivity index (χ2n) is 6.22. The number of amides is 1. The van der Waals surface area contributed by atoms with E-state index in [1.807, 2.05) is 0 Å². The van der Waals surface area contributed by atoms with Crippen molar-refractivity contribution in [2.24, 2.45) is 0 Å². The van der Waals surface area contributed by atoms with Crippen LogP contribution in [0.5, 0.6) is 5.75 Å². The summed E-state index contributed by atoms with van der Waals surface area (Å²) in [6.45, 7) is 3.61. The fraction of sp³-hybridized carbons (Fsp3) is 0.182. The Labute approximate surface area is 179 Å². The molecule has 1 heterocycles. The number of methoxy groups -OCH3 is 1. The highest BCUT2D eigenvalue weighted by Crippen LogP contribution is 2.37. The van der Waals surface area contributed by atoms with E-state index < -0.39 is 5.97 Å². The highest BCUT2D eigenvalue weighted by Gasteiger charge is 2.38. The smallest absolute Gasteiger partial charge is 0.340 e. The lowest BCUT2D eigenvalue weighted by Crippen LogP contribution is -2.24. The third-order valence-electron chi connectivity index (χ3n) is 4.49. The van der Waals surface area contributed by atoms with Crippen LogP contribution in [0.4, 0.5) is 5.69 Å². The van der Waals surface area contributed by atoms with Crippen molar-refractivity contribution in [3.8, 4) is 5.75 Å². The molecular weight excluding hydrogens is 413 g/mol. The van der Waals surface area contributed by atoms with Gasteiger partial charge in [-0.25, -0.2) is 4.79 Å². The zero-order valence-corrected chi connectivity index (χ0v) is 17.7. The average Bonchev–Trinajstić information content (AvgIpc) is 2.95. The zero-order chi connectivity index (χ0) is 21.1. The van der Waals surface area contributed by atoms with Gasteiger partial charge in [0, 0.05) is 11.4 Å². The van der Waals surface area contributed by atoms with Crippen LogP contribution in [0.15, 0.2) is 59.3 Å². The summed E-state index contributed by atoms with van der Waals surface area (Å²) >= 11 is 12.4. The minimum Gasteiger partial charge on any atom is -0.497 e. The van der Waals surface area contributed by atoms with Crippen LogP contribution >= 0.6 is 23.2 Å². The molecule has 0 atom stereocenters. The van der Waals surface area contributed by atoms with Crippen LogP contribution in [-0.4, -0.2) is 25.6 Å². The number of carbonyl (C=O) groups excluding carboxylic acids is 2. The number of allylic oxidation sites excluding steroid dienone is 1. The first-order valence-corrected chi connectivity index (χ1v) is 9.67. The molecule has 5 nitrogen and oxygen atoms in total. The van der Waals surface area contributed by atoms with E-state index in [1.54, 1.807) is 69.5 Å². The summed E-state index contributed by atoms with van der Waals surface area (Å²) < 4.78 is 10.4. The summed E-state index contributed by atoms with van der Waals surface area (Å²) in [5, 5.41) is 0.662. The predicted octanol–water partition coefficient (Wildman–Crippen LogP) is 5.27. The van der Waals surface area contributed by atoms with Gasteiger partial charge in [-0.15, -0.1) is 0 Å². The molecule has 0 aromatic heterocycles. The van der Waals surface area contributed by atoms with Gasteiger partial charge in [-0.3, -0.25) is 9.69 Å². The lowest BCUT2D eigenvalue weighted by Gasteiger charge is -2.18. The summed E-state index contributed by atoms with van der Waals surface area (Å²) in [6.07, 6.45) is 1.57. The fourth-order valence-corrected chi connectivity index (χ4v) is 3.47. The van der Waals surface area contributed by atoms with Gasteiger partial charge < -0.3 is 9.47 Å².